The first-order valence-electron chi connectivity index (χ1n) is 7.31. The van der Waals surface area contributed by atoms with Gasteiger partial charge in [-0.3, -0.25) is 4.79 Å². The average molecular weight is 311 g/mol. The van der Waals surface area contributed by atoms with Gasteiger partial charge in [-0.2, -0.15) is 0 Å². The number of rotatable bonds is 2. The Bertz CT molecular complexity index is 794. The number of benzene rings is 2. The molecular formula is C19H15F2NO. The monoisotopic (exact) mass is 311 g/mol. The molecule has 2 nitrogen and oxygen atoms in total. The molecule has 1 N–H and O–H groups in total. The molecule has 0 spiro atoms. The summed E-state index contributed by atoms with van der Waals surface area (Å²) in [5.41, 5.74) is 1.11. The maximum Gasteiger partial charge on any atom is 0.190 e. The van der Waals surface area contributed by atoms with Crippen LogP contribution in [0.4, 0.5) is 8.78 Å². The van der Waals surface area contributed by atoms with E-state index in [9.17, 15) is 13.6 Å². The van der Waals surface area contributed by atoms with Crippen LogP contribution in [0.5, 0.6) is 0 Å². The Morgan fingerprint density at radius 2 is 1.70 bits per heavy atom. The van der Waals surface area contributed by atoms with Crippen molar-refractivity contribution in [2.24, 2.45) is 0 Å². The van der Waals surface area contributed by atoms with Gasteiger partial charge < -0.3 is 5.32 Å². The molecule has 1 saturated heterocycles. The van der Waals surface area contributed by atoms with Crippen molar-refractivity contribution >= 4 is 17.7 Å². The van der Waals surface area contributed by atoms with Gasteiger partial charge in [0.15, 0.2) is 5.78 Å². The molecule has 0 aromatic heterocycles. The number of carbonyl (C=O) groups excluding carboxylic acids is 1. The van der Waals surface area contributed by atoms with Crippen LogP contribution in [-0.2, 0) is 4.79 Å². The lowest BCUT2D eigenvalue weighted by atomic mass is 9.95. The second kappa shape index (κ2) is 6.67. The molecule has 1 heterocycles. The Hall–Kier alpha value is -2.59. The maximum absolute atomic E-state index is 14.6. The van der Waals surface area contributed by atoms with E-state index in [1.54, 1.807) is 48.5 Å². The highest BCUT2D eigenvalue weighted by Crippen LogP contribution is 2.25. The topological polar surface area (TPSA) is 29.1 Å². The molecule has 23 heavy (non-hydrogen) atoms. The molecule has 116 valence electrons. The van der Waals surface area contributed by atoms with Crippen molar-refractivity contribution in [1.82, 2.24) is 5.32 Å². The Morgan fingerprint density at radius 3 is 2.43 bits per heavy atom. The highest BCUT2D eigenvalue weighted by Gasteiger charge is 2.24. The summed E-state index contributed by atoms with van der Waals surface area (Å²) in [4.78, 5) is 12.5. The van der Waals surface area contributed by atoms with E-state index in [1.807, 2.05) is 0 Å². The highest BCUT2D eigenvalue weighted by atomic mass is 19.1. The summed E-state index contributed by atoms with van der Waals surface area (Å²) in [6, 6.07) is 14.6. The summed E-state index contributed by atoms with van der Waals surface area (Å²) in [6.07, 6.45) is 1.47. The van der Waals surface area contributed by atoms with Gasteiger partial charge in [0.1, 0.15) is 11.6 Å². The van der Waals surface area contributed by atoms with Crippen molar-refractivity contribution in [2.75, 3.05) is 13.1 Å². The fraction of sp³-hybridized carbons (Fsp3) is 0.105. The molecule has 0 aliphatic carbocycles. The molecule has 0 atom stereocenters. The molecule has 2 aromatic carbocycles. The number of hydrogen-bond acceptors (Lipinski definition) is 2. The molecular weight excluding hydrogens is 296 g/mol. The lowest BCUT2D eigenvalue weighted by molar-refractivity contribution is -0.112. The van der Waals surface area contributed by atoms with Gasteiger partial charge in [0.2, 0.25) is 0 Å². The quantitative estimate of drug-likeness (QED) is 0.856. The van der Waals surface area contributed by atoms with Gasteiger partial charge in [0, 0.05) is 35.4 Å². The van der Waals surface area contributed by atoms with Crippen molar-refractivity contribution < 1.29 is 13.6 Å². The first-order valence-corrected chi connectivity index (χ1v) is 7.31. The Labute approximate surface area is 133 Å². The molecule has 0 saturated carbocycles. The number of carbonyl (C=O) groups is 1. The SMILES string of the molecule is O=C1/C(=C(\F)c2ccccc2)CNC/C1=C\c1ccccc1F. The standard InChI is InChI=1S/C19H15F2NO/c20-17-9-5-4-8-14(17)10-15-11-22-12-16(19(15)23)18(21)13-6-2-1-3-7-13/h1-10,22H,11-12H2/b15-10+,18-16-. The summed E-state index contributed by atoms with van der Waals surface area (Å²) >= 11 is 0. The lowest BCUT2D eigenvalue weighted by Crippen LogP contribution is -2.33. The first-order chi connectivity index (χ1) is 11.2. The zero-order valence-corrected chi connectivity index (χ0v) is 12.4. The first kappa shape index (κ1) is 15.3. The minimum atomic E-state index is -0.540. The number of Topliss-reactive ketones (excluding diaryl/α,β-unsaturated/α-hetero) is 1. The smallest absolute Gasteiger partial charge is 0.190 e. The number of halogens is 2. The van der Waals surface area contributed by atoms with Gasteiger partial charge in [-0.05, 0) is 12.1 Å². The predicted octanol–water partition coefficient (Wildman–Crippen LogP) is 3.76. The Kier molecular flexibility index (Phi) is 4.44. The third-order valence-electron chi connectivity index (χ3n) is 3.71. The van der Waals surface area contributed by atoms with E-state index in [-0.39, 0.29) is 17.9 Å². The fourth-order valence-electron chi connectivity index (χ4n) is 2.51. The average Bonchev–Trinajstić information content (AvgIpc) is 2.59. The van der Waals surface area contributed by atoms with Crippen LogP contribution in [0, 0.1) is 5.82 Å². The van der Waals surface area contributed by atoms with Crippen LogP contribution < -0.4 is 5.32 Å². The highest BCUT2D eigenvalue weighted by molar-refractivity contribution is 6.15. The van der Waals surface area contributed by atoms with Crippen molar-refractivity contribution in [3.05, 3.63) is 82.7 Å². The van der Waals surface area contributed by atoms with Crippen LogP contribution in [0.2, 0.25) is 0 Å². The zero-order valence-electron chi connectivity index (χ0n) is 12.4. The van der Waals surface area contributed by atoms with Crippen molar-refractivity contribution in [2.45, 2.75) is 0 Å². The minimum absolute atomic E-state index is 0.0741. The van der Waals surface area contributed by atoms with E-state index in [1.165, 1.54) is 12.1 Å². The largest absolute Gasteiger partial charge is 0.308 e. The van der Waals surface area contributed by atoms with E-state index in [2.05, 4.69) is 5.32 Å². The predicted molar refractivity (Wildman–Crippen MR) is 86.7 cm³/mol. The molecule has 1 aliphatic rings. The second-order valence-electron chi connectivity index (χ2n) is 5.28. The normalized spacial score (nSPS) is 19.0. The van der Waals surface area contributed by atoms with Crippen LogP contribution in [-0.4, -0.2) is 18.9 Å². The molecule has 3 rings (SSSR count). The van der Waals surface area contributed by atoms with E-state index >= 15 is 0 Å². The third kappa shape index (κ3) is 3.27. The van der Waals surface area contributed by atoms with Gasteiger partial charge in [-0.25, -0.2) is 8.78 Å². The summed E-state index contributed by atoms with van der Waals surface area (Å²) in [7, 11) is 0. The van der Waals surface area contributed by atoms with Crippen LogP contribution in [0.15, 0.2) is 65.7 Å². The molecule has 0 unspecified atom stereocenters. The van der Waals surface area contributed by atoms with Crippen LogP contribution in [0.25, 0.3) is 11.9 Å². The molecule has 1 aliphatic heterocycles. The minimum Gasteiger partial charge on any atom is -0.308 e. The summed E-state index contributed by atoms with van der Waals surface area (Å²) in [6.45, 7) is 0.451. The van der Waals surface area contributed by atoms with E-state index < -0.39 is 11.6 Å². The fourth-order valence-corrected chi connectivity index (χ4v) is 2.51. The zero-order chi connectivity index (χ0) is 16.2. The molecule has 4 heteroatoms. The molecule has 0 bridgehead atoms. The van der Waals surface area contributed by atoms with Crippen molar-refractivity contribution in [3.63, 3.8) is 0 Å². The molecule has 2 aromatic rings. The van der Waals surface area contributed by atoms with Gasteiger partial charge in [-0.1, -0.05) is 48.5 Å². The van der Waals surface area contributed by atoms with Crippen LogP contribution in [0.1, 0.15) is 11.1 Å². The number of ketones is 1. The van der Waals surface area contributed by atoms with E-state index in [4.69, 9.17) is 0 Å². The number of hydrogen-bond donors (Lipinski definition) is 1. The second-order valence-corrected chi connectivity index (χ2v) is 5.28. The summed E-state index contributed by atoms with van der Waals surface area (Å²) < 4.78 is 28.3. The third-order valence-corrected chi connectivity index (χ3v) is 3.71. The van der Waals surface area contributed by atoms with Crippen molar-refractivity contribution in [1.29, 1.82) is 0 Å². The Morgan fingerprint density at radius 1 is 1.00 bits per heavy atom. The van der Waals surface area contributed by atoms with Gasteiger partial charge >= 0.3 is 0 Å². The Balaban J connectivity index is 1.98. The number of nitrogens with one attached hydrogen (secondary N) is 1. The van der Waals surface area contributed by atoms with E-state index in [0.717, 1.165) is 0 Å². The van der Waals surface area contributed by atoms with E-state index in [0.29, 0.717) is 23.2 Å². The lowest BCUT2D eigenvalue weighted by Gasteiger charge is -2.19. The van der Waals surface area contributed by atoms with Gasteiger partial charge in [0.05, 0.1) is 0 Å². The summed E-state index contributed by atoms with van der Waals surface area (Å²) in [5, 5.41) is 3.00. The van der Waals surface area contributed by atoms with Crippen molar-refractivity contribution in [3.8, 4) is 0 Å². The summed E-state index contributed by atoms with van der Waals surface area (Å²) in [5.74, 6) is -1.33. The van der Waals surface area contributed by atoms with Gasteiger partial charge in [-0.15, -0.1) is 0 Å². The number of piperidine rings is 1. The maximum atomic E-state index is 14.6. The van der Waals surface area contributed by atoms with Crippen LogP contribution in [0.3, 0.4) is 0 Å². The molecule has 0 amide bonds. The molecule has 0 radical (unpaired) electrons. The van der Waals surface area contributed by atoms with Gasteiger partial charge in [0.25, 0.3) is 0 Å². The molecule has 1 fully saturated rings. The van der Waals surface area contributed by atoms with Crippen LogP contribution >= 0.6 is 0 Å².